The molecule has 3 aliphatic rings. The number of amides is 1. The summed E-state index contributed by atoms with van der Waals surface area (Å²) in [6, 6.07) is 15.2. The van der Waals surface area contributed by atoms with Gasteiger partial charge in [0.15, 0.2) is 0 Å². The predicted molar refractivity (Wildman–Crippen MR) is 122 cm³/mol. The Morgan fingerprint density at radius 3 is 2.81 bits per heavy atom. The summed E-state index contributed by atoms with van der Waals surface area (Å²) in [7, 11) is 0. The molecule has 0 aromatic heterocycles. The zero-order valence-corrected chi connectivity index (χ0v) is 18.5. The smallest absolute Gasteiger partial charge is 0.237 e. The van der Waals surface area contributed by atoms with Crippen LogP contribution in [0.25, 0.3) is 0 Å². The molecule has 0 radical (unpaired) electrons. The number of fused-ring (bicyclic) bond motifs is 2. The van der Waals surface area contributed by atoms with Crippen molar-refractivity contribution < 1.29 is 9.53 Å². The van der Waals surface area contributed by atoms with Crippen molar-refractivity contribution in [2.75, 3.05) is 32.8 Å². The predicted octanol–water partition coefficient (Wildman–Crippen LogP) is 3.32. The van der Waals surface area contributed by atoms with Crippen LogP contribution in [0.5, 0.6) is 5.75 Å². The third-order valence-corrected chi connectivity index (χ3v) is 7.18. The lowest BCUT2D eigenvalue weighted by atomic mass is 9.87. The SMILES string of the molecule is C[C@@H](C(=O)N[C@@H]1CCCc2ccccc21)N1CCN(Cc2ccc3c(c2)CCO3)CC1. The van der Waals surface area contributed by atoms with Crippen molar-refractivity contribution >= 4 is 5.91 Å². The maximum atomic E-state index is 13.0. The molecule has 2 aliphatic heterocycles. The van der Waals surface area contributed by atoms with E-state index in [2.05, 4.69) is 64.5 Å². The Morgan fingerprint density at radius 2 is 1.94 bits per heavy atom. The van der Waals surface area contributed by atoms with E-state index in [4.69, 9.17) is 4.74 Å². The van der Waals surface area contributed by atoms with E-state index in [1.165, 1.54) is 22.3 Å². The average molecular weight is 420 g/mol. The molecule has 2 aromatic rings. The molecule has 164 valence electrons. The zero-order valence-electron chi connectivity index (χ0n) is 18.5. The van der Waals surface area contributed by atoms with E-state index in [0.29, 0.717) is 0 Å². The Balaban J connectivity index is 1.13. The van der Waals surface area contributed by atoms with Crippen LogP contribution in [0, 0.1) is 0 Å². The number of hydrogen-bond acceptors (Lipinski definition) is 4. The molecule has 0 saturated carbocycles. The van der Waals surface area contributed by atoms with Gasteiger partial charge in [-0.15, -0.1) is 0 Å². The number of carbonyl (C=O) groups is 1. The fraction of sp³-hybridized carbons (Fsp3) is 0.500. The van der Waals surface area contributed by atoms with E-state index >= 15 is 0 Å². The molecule has 5 nitrogen and oxygen atoms in total. The highest BCUT2D eigenvalue weighted by Crippen LogP contribution is 2.30. The quantitative estimate of drug-likeness (QED) is 0.808. The molecule has 0 unspecified atom stereocenters. The molecule has 2 atom stereocenters. The normalized spacial score (nSPS) is 22.3. The molecule has 1 saturated heterocycles. The fourth-order valence-corrected chi connectivity index (χ4v) is 5.27. The van der Waals surface area contributed by atoms with Crippen molar-refractivity contribution in [2.45, 2.75) is 51.2 Å². The largest absolute Gasteiger partial charge is 0.493 e. The van der Waals surface area contributed by atoms with Crippen LogP contribution >= 0.6 is 0 Å². The van der Waals surface area contributed by atoms with E-state index in [1.54, 1.807) is 0 Å². The molecule has 5 rings (SSSR count). The molecule has 1 amide bonds. The minimum absolute atomic E-state index is 0.0895. The lowest BCUT2D eigenvalue weighted by molar-refractivity contribution is -0.127. The summed E-state index contributed by atoms with van der Waals surface area (Å²) in [6.07, 6.45) is 4.32. The maximum absolute atomic E-state index is 13.0. The third kappa shape index (κ3) is 4.48. The summed E-state index contributed by atoms with van der Waals surface area (Å²) in [5.74, 6) is 1.21. The van der Waals surface area contributed by atoms with Gasteiger partial charge >= 0.3 is 0 Å². The Kier molecular flexibility index (Phi) is 5.97. The van der Waals surface area contributed by atoms with Crippen molar-refractivity contribution in [3.05, 3.63) is 64.7 Å². The molecular weight excluding hydrogens is 386 g/mol. The first kappa shape index (κ1) is 20.5. The molecule has 31 heavy (non-hydrogen) atoms. The van der Waals surface area contributed by atoms with Crippen molar-refractivity contribution in [3.63, 3.8) is 0 Å². The summed E-state index contributed by atoms with van der Waals surface area (Å²) in [6.45, 7) is 7.70. The molecule has 5 heteroatoms. The second-order valence-electron chi connectivity index (χ2n) is 9.18. The Bertz CT molecular complexity index is 936. The van der Waals surface area contributed by atoms with Crippen molar-refractivity contribution in [1.82, 2.24) is 15.1 Å². The molecular formula is C26H33N3O2. The van der Waals surface area contributed by atoms with Crippen molar-refractivity contribution in [1.29, 1.82) is 0 Å². The second-order valence-corrected chi connectivity index (χ2v) is 9.18. The van der Waals surface area contributed by atoms with E-state index in [9.17, 15) is 4.79 Å². The summed E-state index contributed by atoms with van der Waals surface area (Å²) < 4.78 is 5.62. The number of benzene rings is 2. The number of hydrogen-bond donors (Lipinski definition) is 1. The Hall–Kier alpha value is -2.37. The number of rotatable bonds is 5. The number of ether oxygens (including phenoxy) is 1. The van der Waals surface area contributed by atoms with Crippen LogP contribution in [0.15, 0.2) is 42.5 Å². The van der Waals surface area contributed by atoms with E-state index < -0.39 is 0 Å². The van der Waals surface area contributed by atoms with Gasteiger partial charge in [-0.3, -0.25) is 14.6 Å². The fourth-order valence-electron chi connectivity index (χ4n) is 5.27. The maximum Gasteiger partial charge on any atom is 0.237 e. The van der Waals surface area contributed by atoms with Crippen molar-refractivity contribution in [2.24, 2.45) is 0 Å². The molecule has 0 spiro atoms. The molecule has 2 heterocycles. The van der Waals surface area contributed by atoms with Crippen LogP contribution in [-0.2, 0) is 24.2 Å². The van der Waals surface area contributed by atoms with Gasteiger partial charge in [-0.05, 0) is 54.5 Å². The van der Waals surface area contributed by atoms with Gasteiger partial charge in [0.05, 0.1) is 18.7 Å². The third-order valence-electron chi connectivity index (χ3n) is 7.18. The van der Waals surface area contributed by atoms with E-state index in [1.807, 2.05) is 0 Å². The standard InChI is InChI=1S/C26H33N3O2/c1-19(26(30)27-24-8-4-6-21-5-2-3-7-23(21)24)29-14-12-28(13-15-29)18-20-9-10-25-22(17-20)11-16-31-25/h2-3,5,7,9-10,17,19,24H,4,6,8,11-16,18H2,1H3,(H,27,30)/t19-,24+/m0/s1. The average Bonchev–Trinajstić information content (AvgIpc) is 3.27. The lowest BCUT2D eigenvalue weighted by Crippen LogP contribution is -2.54. The highest BCUT2D eigenvalue weighted by atomic mass is 16.5. The van der Waals surface area contributed by atoms with Gasteiger partial charge in [0.2, 0.25) is 5.91 Å². The van der Waals surface area contributed by atoms with E-state index in [0.717, 1.165) is 70.8 Å². The number of carbonyl (C=O) groups excluding carboxylic acids is 1. The summed E-state index contributed by atoms with van der Waals surface area (Å²) in [5, 5.41) is 3.34. The van der Waals surface area contributed by atoms with Crippen LogP contribution in [0.1, 0.15) is 48.1 Å². The van der Waals surface area contributed by atoms with Crippen LogP contribution in [0.4, 0.5) is 0 Å². The van der Waals surface area contributed by atoms with Crippen LogP contribution in [0.2, 0.25) is 0 Å². The van der Waals surface area contributed by atoms with E-state index in [-0.39, 0.29) is 18.0 Å². The first-order chi connectivity index (χ1) is 15.2. The van der Waals surface area contributed by atoms with Gasteiger partial charge in [0.25, 0.3) is 0 Å². The van der Waals surface area contributed by atoms with Crippen LogP contribution in [0.3, 0.4) is 0 Å². The number of nitrogens with one attached hydrogen (secondary N) is 1. The Morgan fingerprint density at radius 1 is 1.10 bits per heavy atom. The van der Waals surface area contributed by atoms with Crippen LogP contribution in [-0.4, -0.2) is 54.5 Å². The Labute approximate surface area is 185 Å². The highest BCUT2D eigenvalue weighted by molar-refractivity contribution is 5.81. The second kappa shape index (κ2) is 9.01. The topological polar surface area (TPSA) is 44.8 Å². The highest BCUT2D eigenvalue weighted by Gasteiger charge is 2.28. The molecule has 2 aromatic carbocycles. The lowest BCUT2D eigenvalue weighted by Gasteiger charge is -2.38. The number of piperazine rings is 1. The molecule has 1 fully saturated rings. The minimum atomic E-state index is -0.0895. The molecule has 1 N–H and O–H groups in total. The number of aryl methyl sites for hydroxylation is 1. The summed E-state index contributed by atoms with van der Waals surface area (Å²) in [4.78, 5) is 17.8. The zero-order chi connectivity index (χ0) is 21.2. The van der Waals surface area contributed by atoms with Gasteiger partial charge in [-0.25, -0.2) is 0 Å². The first-order valence-corrected chi connectivity index (χ1v) is 11.8. The summed E-state index contributed by atoms with van der Waals surface area (Å²) >= 11 is 0. The van der Waals surface area contributed by atoms with Gasteiger partial charge < -0.3 is 10.1 Å². The van der Waals surface area contributed by atoms with Gasteiger partial charge in [0.1, 0.15) is 5.75 Å². The van der Waals surface area contributed by atoms with Crippen LogP contribution < -0.4 is 10.1 Å². The molecule has 0 bridgehead atoms. The minimum Gasteiger partial charge on any atom is -0.493 e. The van der Waals surface area contributed by atoms with Gasteiger partial charge in [-0.2, -0.15) is 0 Å². The monoisotopic (exact) mass is 419 g/mol. The van der Waals surface area contributed by atoms with Gasteiger partial charge in [0, 0.05) is 39.1 Å². The first-order valence-electron chi connectivity index (χ1n) is 11.8. The van der Waals surface area contributed by atoms with Crippen molar-refractivity contribution in [3.8, 4) is 5.75 Å². The van der Waals surface area contributed by atoms with Gasteiger partial charge in [-0.1, -0.05) is 36.4 Å². The molecule has 1 aliphatic carbocycles. The number of nitrogens with zero attached hydrogens (tertiary/aromatic N) is 2. The summed E-state index contributed by atoms with van der Waals surface area (Å²) in [5.41, 5.74) is 5.39.